The summed E-state index contributed by atoms with van der Waals surface area (Å²) >= 11 is 4.21. The fraction of sp³-hybridized carbons (Fsp3) is 0.574. The maximum Gasteiger partial charge on any atom is 0.326 e. The molecule has 2 aromatic rings. The van der Waals surface area contributed by atoms with Crippen molar-refractivity contribution in [3.05, 3.63) is 71.8 Å². The number of nitrogens with one attached hydrogen (secondary N) is 7. The molecule has 2 fully saturated rings. The zero-order valence-electron chi connectivity index (χ0n) is 46.1. The minimum absolute atomic E-state index is 0.0726. The van der Waals surface area contributed by atoms with Crippen LogP contribution in [0.2, 0.25) is 0 Å². The van der Waals surface area contributed by atoms with Gasteiger partial charge in [0.2, 0.25) is 59.1 Å². The highest BCUT2D eigenvalue weighted by Gasteiger charge is 2.45. The summed E-state index contributed by atoms with van der Waals surface area (Å²) in [4.78, 5) is 152. The number of primary amides is 1. The molecule has 0 radical (unpaired) electrons. The van der Waals surface area contributed by atoms with Crippen molar-refractivity contribution < 1.29 is 68.1 Å². The van der Waals surface area contributed by atoms with Crippen LogP contribution in [-0.2, 0) is 65.6 Å². The third-order valence-electron chi connectivity index (χ3n) is 14.0. The Morgan fingerprint density at radius 3 is 1.57 bits per heavy atom. The molecule has 2 aliphatic rings. The van der Waals surface area contributed by atoms with Gasteiger partial charge in [-0.2, -0.15) is 12.6 Å². The Bertz CT molecular complexity index is 2510. The summed E-state index contributed by atoms with van der Waals surface area (Å²) in [5, 5.41) is 47.9. The molecule has 26 nitrogen and oxygen atoms in total. The fourth-order valence-electron chi connectivity index (χ4n) is 9.44. The van der Waals surface area contributed by atoms with Gasteiger partial charge in [0, 0.05) is 31.7 Å². The molecule has 2 heterocycles. The second kappa shape index (κ2) is 32.3. The number of amides is 10. The van der Waals surface area contributed by atoms with Crippen molar-refractivity contribution in [2.24, 2.45) is 23.1 Å². The van der Waals surface area contributed by atoms with Gasteiger partial charge in [0.05, 0.1) is 18.6 Å². The molecular weight excluding hydrogens is 1070 g/mol. The van der Waals surface area contributed by atoms with Crippen molar-refractivity contribution in [3.8, 4) is 0 Å². The molecule has 0 aliphatic carbocycles. The summed E-state index contributed by atoms with van der Waals surface area (Å²) in [7, 11) is 0. The topological polar surface area (TPSA) is 417 Å². The lowest BCUT2D eigenvalue weighted by Crippen LogP contribution is -2.62. The summed E-state index contributed by atoms with van der Waals surface area (Å²) in [5.41, 5.74) is 18.0. The standard InChI is InChI=1S/C54H80N12O14S/c1-29(2)43(54(79)80)63-48(73)38(28-81)62-49(74)39-20-13-23-65(39)53(78)40-21-14-24-66(40)52(77)34(19-11-12-22-55)58-45(70)35(25-32-15-7-5-8-16-32)59-46(71)36(26-33-17-9-6-10-18-33)61-51(76)44(31(4)68)64-47(72)37(27-41(56)69)60-50(75)42(57)30(3)67/h5-10,15-18,29-31,34-40,42-44,67-68,81H,11-14,19-28,55,57H2,1-4H3,(H2,56,69)(H,58,70)(H,59,71)(H,60,75)(H,61,76)(H,62,74)(H,63,73)(H,64,72)(H,79,80)/t30-,31-,34+,35+,36+,37+,38+,39+,40+,42+,43+,44+/m1/s1. The number of likely N-dealkylation sites (tertiary alicyclic amines) is 2. The van der Waals surface area contributed by atoms with Crippen molar-refractivity contribution in [3.63, 3.8) is 0 Å². The minimum Gasteiger partial charge on any atom is -0.480 e. The van der Waals surface area contributed by atoms with Gasteiger partial charge in [-0.3, -0.25) is 47.9 Å². The molecule has 16 N–H and O–H groups in total. The molecule has 12 atom stereocenters. The summed E-state index contributed by atoms with van der Waals surface area (Å²) in [6.07, 6.45) is -1.87. The van der Waals surface area contributed by atoms with E-state index in [9.17, 15) is 68.1 Å². The number of unbranched alkanes of at least 4 members (excludes halogenated alkanes) is 1. The Kier molecular flexibility index (Phi) is 26.4. The van der Waals surface area contributed by atoms with Crippen LogP contribution < -0.4 is 54.4 Å². The molecule has 81 heavy (non-hydrogen) atoms. The van der Waals surface area contributed by atoms with Crippen LogP contribution in [0.15, 0.2) is 60.7 Å². The van der Waals surface area contributed by atoms with Gasteiger partial charge >= 0.3 is 5.97 Å². The number of thiol groups is 1. The summed E-state index contributed by atoms with van der Waals surface area (Å²) in [6.45, 7) is 6.17. The van der Waals surface area contributed by atoms with Gasteiger partial charge in [-0.1, -0.05) is 74.5 Å². The van der Waals surface area contributed by atoms with Gasteiger partial charge in [0.25, 0.3) is 0 Å². The molecule has 27 heteroatoms. The van der Waals surface area contributed by atoms with Crippen LogP contribution >= 0.6 is 12.6 Å². The van der Waals surface area contributed by atoms with Crippen molar-refractivity contribution in [2.75, 3.05) is 25.4 Å². The van der Waals surface area contributed by atoms with Gasteiger partial charge in [0.15, 0.2) is 0 Å². The highest BCUT2D eigenvalue weighted by atomic mass is 32.1. The zero-order valence-corrected chi connectivity index (χ0v) is 47.0. The molecule has 0 unspecified atom stereocenters. The summed E-state index contributed by atoms with van der Waals surface area (Å²) in [6, 6.07) is 3.31. The predicted octanol–water partition coefficient (Wildman–Crippen LogP) is -3.39. The number of hydrogen-bond acceptors (Lipinski definition) is 16. The predicted molar refractivity (Wildman–Crippen MR) is 298 cm³/mol. The molecule has 2 aromatic carbocycles. The van der Waals surface area contributed by atoms with E-state index in [1.807, 2.05) is 0 Å². The van der Waals surface area contributed by atoms with E-state index < -0.39 is 150 Å². The lowest BCUT2D eigenvalue weighted by molar-refractivity contribution is -0.148. The molecule has 446 valence electrons. The van der Waals surface area contributed by atoms with Gasteiger partial charge in [-0.15, -0.1) is 0 Å². The molecular formula is C54H80N12O14S. The number of carbonyl (C=O) groups is 11. The molecule has 0 spiro atoms. The van der Waals surface area contributed by atoms with Gasteiger partial charge in [0.1, 0.15) is 60.4 Å². The Balaban J connectivity index is 1.60. The number of carboxylic acids is 1. The number of aliphatic carboxylic acids is 1. The average molecular weight is 1150 g/mol. The number of nitrogens with zero attached hydrogens (tertiary/aromatic N) is 2. The number of hydrogen-bond donors (Lipinski definition) is 14. The van der Waals surface area contributed by atoms with E-state index in [1.165, 1.54) is 16.7 Å². The lowest BCUT2D eigenvalue weighted by atomic mass is 10.0. The number of aliphatic hydroxyl groups excluding tert-OH is 2. The first-order valence-corrected chi connectivity index (χ1v) is 27.8. The number of rotatable bonds is 31. The van der Waals surface area contributed by atoms with Crippen molar-refractivity contribution in [2.45, 2.75) is 165 Å². The molecule has 0 aromatic heterocycles. The van der Waals surface area contributed by atoms with E-state index in [1.54, 1.807) is 74.5 Å². The number of carboxylic acid groups (broad SMARTS) is 1. The Hall–Kier alpha value is -7.20. The number of benzene rings is 2. The Morgan fingerprint density at radius 2 is 1.07 bits per heavy atom. The van der Waals surface area contributed by atoms with Gasteiger partial charge in [-0.05, 0) is 82.4 Å². The molecule has 2 aliphatic heterocycles. The average Bonchev–Trinajstić information content (AvgIpc) is 4.18. The molecule has 2 saturated heterocycles. The van der Waals surface area contributed by atoms with Crippen LogP contribution in [0.25, 0.3) is 0 Å². The van der Waals surface area contributed by atoms with Crippen molar-refractivity contribution in [1.82, 2.24) is 47.0 Å². The van der Waals surface area contributed by atoms with Gasteiger partial charge in [-0.25, -0.2) is 4.79 Å². The zero-order chi connectivity index (χ0) is 60.1. The van der Waals surface area contributed by atoms with Crippen LogP contribution in [0.5, 0.6) is 0 Å². The molecule has 0 saturated carbocycles. The quantitative estimate of drug-likeness (QED) is 0.0259. The Labute approximate surface area is 476 Å². The Morgan fingerprint density at radius 1 is 0.593 bits per heavy atom. The maximum absolute atomic E-state index is 14.8. The van der Waals surface area contributed by atoms with Crippen LogP contribution in [0, 0.1) is 5.92 Å². The first-order valence-electron chi connectivity index (χ1n) is 27.1. The van der Waals surface area contributed by atoms with E-state index >= 15 is 0 Å². The largest absolute Gasteiger partial charge is 0.480 e. The fourth-order valence-corrected chi connectivity index (χ4v) is 9.70. The highest BCUT2D eigenvalue weighted by molar-refractivity contribution is 7.80. The normalized spacial score (nSPS) is 18.7. The first kappa shape index (κ1) is 66.3. The molecule has 10 amide bonds. The third kappa shape index (κ3) is 19.8. The van der Waals surface area contributed by atoms with E-state index in [0.29, 0.717) is 36.8 Å². The maximum atomic E-state index is 14.8. The molecule has 4 rings (SSSR count). The van der Waals surface area contributed by atoms with Crippen molar-refractivity contribution in [1.29, 1.82) is 0 Å². The number of aliphatic hydroxyl groups is 2. The van der Waals surface area contributed by atoms with Crippen LogP contribution in [0.3, 0.4) is 0 Å². The number of carbonyl (C=O) groups excluding carboxylic acids is 10. The van der Waals surface area contributed by atoms with Crippen LogP contribution in [0.1, 0.15) is 90.2 Å². The number of nitrogens with two attached hydrogens (primary N) is 3. The summed E-state index contributed by atoms with van der Waals surface area (Å²) in [5.74, 6) is -10.4. The van der Waals surface area contributed by atoms with Gasteiger partial charge < -0.3 is 79.5 Å². The van der Waals surface area contributed by atoms with E-state index in [-0.39, 0.29) is 57.5 Å². The van der Waals surface area contributed by atoms with E-state index in [4.69, 9.17) is 17.2 Å². The highest BCUT2D eigenvalue weighted by Crippen LogP contribution is 2.27. The van der Waals surface area contributed by atoms with Crippen molar-refractivity contribution >= 4 is 77.7 Å². The second-order valence-electron chi connectivity index (χ2n) is 20.8. The van der Waals surface area contributed by atoms with E-state index in [0.717, 1.165) is 6.92 Å². The summed E-state index contributed by atoms with van der Waals surface area (Å²) < 4.78 is 0. The lowest BCUT2D eigenvalue weighted by Gasteiger charge is -2.34. The minimum atomic E-state index is -1.81. The van der Waals surface area contributed by atoms with Crippen LogP contribution in [0.4, 0.5) is 0 Å². The third-order valence-corrected chi connectivity index (χ3v) is 14.4. The van der Waals surface area contributed by atoms with Crippen LogP contribution in [-0.4, -0.2) is 188 Å². The van der Waals surface area contributed by atoms with E-state index in [2.05, 4.69) is 49.8 Å². The first-order chi connectivity index (χ1) is 38.4. The SMILES string of the molecule is CC(C)[C@H](NC(=O)[C@H](CS)NC(=O)[C@@H]1CCCN1C(=O)[C@@H]1CCCN1C(=O)[C@H](CCCCN)NC(=O)[C@H](Cc1ccccc1)NC(=O)[C@H](Cc1ccccc1)NC(=O)[C@@H](NC(=O)[C@H](CC(N)=O)NC(=O)[C@@H](N)[C@@H](C)O)[C@@H](C)O)C(=O)O. The smallest absolute Gasteiger partial charge is 0.326 e. The second-order valence-corrected chi connectivity index (χ2v) is 21.1. The monoisotopic (exact) mass is 1150 g/mol. The molecule has 0 bridgehead atoms.